The van der Waals surface area contributed by atoms with Crippen molar-refractivity contribution < 1.29 is 73.4 Å². The van der Waals surface area contributed by atoms with E-state index < -0.39 is 80.5 Å². The lowest BCUT2D eigenvalue weighted by Crippen LogP contribution is -2.60. The summed E-state index contributed by atoms with van der Waals surface area (Å²) in [5.74, 6) is -4.11. The van der Waals surface area contributed by atoms with Crippen molar-refractivity contribution in [2.24, 2.45) is 5.92 Å². The number of aromatic hydroxyl groups is 1. The summed E-state index contributed by atoms with van der Waals surface area (Å²) < 4.78 is 31.3. The zero-order chi connectivity index (χ0) is 31.0. The van der Waals surface area contributed by atoms with Crippen molar-refractivity contribution in [3.63, 3.8) is 0 Å². The molecule has 3 rings (SSSR count). The lowest BCUT2D eigenvalue weighted by molar-refractivity contribution is -0.327. The lowest BCUT2D eigenvalue weighted by Gasteiger charge is -2.41. The van der Waals surface area contributed by atoms with E-state index >= 15 is 0 Å². The Morgan fingerprint density at radius 2 is 1.81 bits per heavy atom. The first kappa shape index (κ1) is 32.5. The van der Waals surface area contributed by atoms with Gasteiger partial charge in [0.15, 0.2) is 17.8 Å². The van der Waals surface area contributed by atoms with Crippen LogP contribution in [0.5, 0.6) is 11.5 Å². The molecular weight excluding hydrogens is 564 g/mol. The maximum absolute atomic E-state index is 12.3. The number of carboxylic acids is 1. The second-order valence-corrected chi connectivity index (χ2v) is 9.11. The topological polar surface area (TPSA) is 228 Å². The highest BCUT2D eigenvalue weighted by Gasteiger charge is 2.46. The largest absolute Gasteiger partial charge is 0.504 e. The quantitative estimate of drug-likeness (QED) is 0.104. The van der Waals surface area contributed by atoms with Gasteiger partial charge in [0, 0.05) is 17.6 Å². The van der Waals surface area contributed by atoms with Gasteiger partial charge in [0.2, 0.25) is 6.29 Å². The number of carbonyl (C=O) groups excluding carboxylic acids is 2. The predicted molar refractivity (Wildman–Crippen MR) is 138 cm³/mol. The molecule has 1 saturated heterocycles. The number of rotatable bonds is 11. The second kappa shape index (κ2) is 14.8. The first-order chi connectivity index (χ1) is 20.0. The number of hydrogen-bond acceptors (Lipinski definition) is 14. The van der Waals surface area contributed by atoms with Crippen molar-refractivity contribution in [1.29, 1.82) is 0 Å². The molecule has 1 aromatic carbocycles. The van der Waals surface area contributed by atoms with Crippen LogP contribution in [0.2, 0.25) is 0 Å². The van der Waals surface area contributed by atoms with E-state index in [9.17, 15) is 45.0 Å². The number of aliphatic carboxylic acids is 1. The van der Waals surface area contributed by atoms with Crippen LogP contribution < -0.4 is 4.74 Å². The van der Waals surface area contributed by atoms with Crippen molar-refractivity contribution in [2.45, 2.75) is 43.4 Å². The number of benzene rings is 1. The number of methoxy groups -OCH3 is 2. The van der Waals surface area contributed by atoms with Gasteiger partial charge in [-0.25, -0.2) is 9.59 Å². The fourth-order valence-corrected chi connectivity index (χ4v) is 4.20. The Balaban J connectivity index is 1.84. The summed E-state index contributed by atoms with van der Waals surface area (Å²) in [4.78, 5) is 36.4. The monoisotopic (exact) mass is 596 g/mol. The number of aliphatic hydroxyl groups is 4. The van der Waals surface area contributed by atoms with Crippen LogP contribution >= 0.6 is 0 Å². The molecule has 0 bridgehead atoms. The van der Waals surface area contributed by atoms with Gasteiger partial charge in [0.1, 0.15) is 31.0 Å². The summed E-state index contributed by atoms with van der Waals surface area (Å²) in [5.41, 5.74) is 0.146. The van der Waals surface area contributed by atoms with Gasteiger partial charge in [0.25, 0.3) is 0 Å². The van der Waals surface area contributed by atoms with Crippen LogP contribution in [-0.2, 0) is 38.1 Å². The van der Waals surface area contributed by atoms with E-state index in [1.54, 1.807) is 0 Å². The molecular formula is C27H32O15. The van der Waals surface area contributed by atoms with Gasteiger partial charge in [-0.15, -0.1) is 0 Å². The minimum absolute atomic E-state index is 0.0164. The van der Waals surface area contributed by atoms with Gasteiger partial charge in [0.05, 0.1) is 39.1 Å². The molecule has 7 atom stereocenters. The average Bonchev–Trinajstić information content (AvgIpc) is 2.97. The first-order valence-electron chi connectivity index (χ1n) is 12.5. The molecule has 42 heavy (non-hydrogen) atoms. The van der Waals surface area contributed by atoms with Gasteiger partial charge < -0.3 is 59.1 Å². The molecule has 15 nitrogen and oxygen atoms in total. The first-order valence-corrected chi connectivity index (χ1v) is 12.5. The Hall–Kier alpha value is -3.99. The van der Waals surface area contributed by atoms with Crippen molar-refractivity contribution in [2.75, 3.05) is 27.4 Å². The van der Waals surface area contributed by atoms with E-state index in [0.717, 1.165) is 19.4 Å². The van der Waals surface area contributed by atoms with E-state index in [1.807, 2.05) is 0 Å². The summed E-state index contributed by atoms with van der Waals surface area (Å²) in [5, 5.41) is 59.4. The molecule has 15 heteroatoms. The average molecular weight is 597 g/mol. The summed E-state index contributed by atoms with van der Waals surface area (Å²) in [6.45, 7) is -1.17. The highest BCUT2D eigenvalue weighted by molar-refractivity contribution is 5.89. The molecule has 0 spiro atoms. The van der Waals surface area contributed by atoms with Crippen LogP contribution in [-0.4, -0.2) is 113 Å². The Morgan fingerprint density at radius 1 is 1.07 bits per heavy atom. The van der Waals surface area contributed by atoms with Crippen LogP contribution in [0.1, 0.15) is 12.0 Å². The lowest BCUT2D eigenvalue weighted by atomic mass is 9.86. The highest BCUT2D eigenvalue weighted by Crippen LogP contribution is 2.36. The number of phenols is 1. The standard InChI is InChI=1S/C27H32O15/c1-37-18-9-13(3-5-17(18)29)4-6-20(30)39-8-7-14-15(10-21(31)38-2)16(25(35)36)12-40-26(14)42-27-24(34)23(33)22(32)19(11-28)41-27/h3-7,9,12,15,19,22-24,26-29,32-34H,8,10-11H2,1-2H3,(H,35,36)/b6-4+,14-7-. The zero-order valence-electron chi connectivity index (χ0n) is 22.6. The Kier molecular flexibility index (Phi) is 11.4. The molecule has 0 aromatic heterocycles. The number of phenolic OH excluding ortho intramolecular Hbond substituents is 1. The third-order valence-corrected chi connectivity index (χ3v) is 6.48. The van der Waals surface area contributed by atoms with Crippen LogP contribution in [0.25, 0.3) is 6.08 Å². The summed E-state index contributed by atoms with van der Waals surface area (Å²) >= 11 is 0. The maximum atomic E-state index is 12.3. The SMILES string of the molecule is COC(=O)CC1C(C(=O)O)=COC(OC2OC(CO)C(O)C(O)C2O)/C1=C\COC(=O)/C=C/c1ccc(O)c(OC)c1. The number of esters is 2. The summed E-state index contributed by atoms with van der Waals surface area (Å²) in [6, 6.07) is 4.39. The van der Waals surface area contributed by atoms with E-state index in [0.29, 0.717) is 5.56 Å². The van der Waals surface area contributed by atoms with Crippen LogP contribution in [0.15, 0.2) is 47.8 Å². The van der Waals surface area contributed by atoms with Crippen LogP contribution in [0, 0.1) is 5.92 Å². The summed E-state index contributed by atoms with van der Waals surface area (Å²) in [7, 11) is 2.47. The highest BCUT2D eigenvalue weighted by atomic mass is 16.8. The molecule has 2 aliphatic heterocycles. The van der Waals surface area contributed by atoms with E-state index in [1.165, 1.54) is 37.5 Å². The normalized spacial score (nSPS) is 28.6. The molecule has 2 heterocycles. The van der Waals surface area contributed by atoms with Gasteiger partial charge in [-0.1, -0.05) is 6.07 Å². The van der Waals surface area contributed by atoms with Crippen molar-refractivity contribution in [3.8, 4) is 11.5 Å². The number of hydrogen-bond donors (Lipinski definition) is 6. The summed E-state index contributed by atoms with van der Waals surface area (Å²) in [6.07, 6.45) is -5.63. The molecule has 0 aliphatic carbocycles. The number of carbonyl (C=O) groups is 3. The smallest absolute Gasteiger partial charge is 0.335 e. The predicted octanol–water partition coefficient (Wildman–Crippen LogP) is -0.796. The van der Waals surface area contributed by atoms with Crippen LogP contribution in [0.3, 0.4) is 0 Å². The molecule has 7 unspecified atom stereocenters. The third-order valence-electron chi connectivity index (χ3n) is 6.48. The van der Waals surface area contributed by atoms with E-state index in [4.69, 9.17) is 23.7 Å². The Labute approximate surface area is 239 Å². The fraction of sp³-hybridized carbons (Fsp3) is 0.444. The second-order valence-electron chi connectivity index (χ2n) is 9.11. The molecule has 1 aromatic rings. The molecule has 0 amide bonds. The van der Waals surface area contributed by atoms with E-state index in [-0.39, 0.29) is 22.6 Å². The van der Waals surface area contributed by atoms with Gasteiger partial charge in [-0.3, -0.25) is 4.79 Å². The number of carboxylic acid groups (broad SMARTS) is 1. The van der Waals surface area contributed by atoms with Gasteiger partial charge >= 0.3 is 17.9 Å². The van der Waals surface area contributed by atoms with E-state index in [2.05, 4.69) is 4.74 Å². The number of aliphatic hydroxyl groups excluding tert-OH is 4. The minimum atomic E-state index is -1.81. The third kappa shape index (κ3) is 7.84. The molecule has 6 N–H and O–H groups in total. The Bertz CT molecular complexity index is 1220. The number of ether oxygens (including phenoxy) is 6. The van der Waals surface area contributed by atoms with Gasteiger partial charge in [-0.2, -0.15) is 0 Å². The van der Waals surface area contributed by atoms with Crippen molar-refractivity contribution >= 4 is 24.0 Å². The van der Waals surface area contributed by atoms with Crippen molar-refractivity contribution in [1.82, 2.24) is 0 Å². The minimum Gasteiger partial charge on any atom is -0.504 e. The molecule has 0 saturated carbocycles. The zero-order valence-corrected chi connectivity index (χ0v) is 22.6. The maximum Gasteiger partial charge on any atom is 0.335 e. The van der Waals surface area contributed by atoms with Crippen molar-refractivity contribution in [3.05, 3.63) is 53.3 Å². The Morgan fingerprint density at radius 3 is 2.45 bits per heavy atom. The molecule has 1 fully saturated rings. The molecule has 2 aliphatic rings. The molecule has 0 radical (unpaired) electrons. The molecule has 230 valence electrons. The van der Waals surface area contributed by atoms with Crippen LogP contribution in [0.4, 0.5) is 0 Å². The van der Waals surface area contributed by atoms with Gasteiger partial charge in [-0.05, 0) is 29.8 Å². The fourth-order valence-electron chi connectivity index (χ4n) is 4.20.